The first-order valence-electron chi connectivity index (χ1n) is 5.25. The van der Waals surface area contributed by atoms with E-state index in [0.29, 0.717) is 0 Å². The van der Waals surface area contributed by atoms with Crippen LogP contribution in [-0.2, 0) is 25.1 Å². The van der Waals surface area contributed by atoms with Crippen LogP contribution in [0.15, 0.2) is 0 Å². The van der Waals surface area contributed by atoms with Gasteiger partial charge in [0.05, 0.1) is 13.0 Å². The minimum Gasteiger partial charge on any atom is -0.469 e. The predicted octanol–water partition coefficient (Wildman–Crippen LogP) is -0.177. The minimum atomic E-state index is -1.30. The normalized spacial score (nSPS) is 18.6. The molecule has 5 nitrogen and oxygen atoms in total. The number of rotatable bonds is 6. The van der Waals surface area contributed by atoms with Crippen molar-refractivity contribution in [1.82, 2.24) is 5.32 Å². The second kappa shape index (κ2) is 5.98. The first-order chi connectivity index (χ1) is 7.52. The van der Waals surface area contributed by atoms with Gasteiger partial charge in [-0.05, 0) is 12.8 Å². The molecular weight excluding hydrogens is 230 g/mol. The van der Waals surface area contributed by atoms with Gasteiger partial charge in [0.1, 0.15) is 5.75 Å². The lowest BCUT2D eigenvalue weighted by molar-refractivity contribution is -0.144. The summed E-state index contributed by atoms with van der Waals surface area (Å²) < 4.78 is 16.0. The number of methoxy groups -OCH3 is 1. The lowest BCUT2D eigenvalue weighted by atomic mass is 10.2. The Morgan fingerprint density at radius 2 is 2.12 bits per heavy atom. The van der Waals surface area contributed by atoms with E-state index in [1.807, 2.05) is 0 Å². The quantitative estimate of drug-likeness (QED) is 0.661. The van der Waals surface area contributed by atoms with Crippen LogP contribution >= 0.6 is 0 Å². The molecule has 1 aliphatic rings. The smallest absolute Gasteiger partial charge is 0.309 e. The molecule has 2 unspecified atom stereocenters. The van der Waals surface area contributed by atoms with Crippen LogP contribution in [0.25, 0.3) is 0 Å². The van der Waals surface area contributed by atoms with Gasteiger partial charge in [0, 0.05) is 22.6 Å². The molecule has 1 saturated carbocycles. The van der Waals surface area contributed by atoms with Gasteiger partial charge in [0.25, 0.3) is 0 Å². The van der Waals surface area contributed by atoms with Gasteiger partial charge in [-0.2, -0.15) is 0 Å². The number of esters is 1. The molecule has 0 bridgehead atoms. The van der Waals surface area contributed by atoms with Crippen molar-refractivity contribution >= 4 is 22.7 Å². The second-order valence-electron chi connectivity index (χ2n) is 4.02. The fourth-order valence-corrected chi connectivity index (χ4v) is 2.44. The molecule has 0 radical (unpaired) electrons. The first-order valence-corrected chi connectivity index (χ1v) is 6.74. The number of nitrogens with one attached hydrogen (secondary N) is 1. The number of amides is 1. The Morgan fingerprint density at radius 3 is 2.62 bits per heavy atom. The summed E-state index contributed by atoms with van der Waals surface area (Å²) in [4.78, 5) is 22.4. The molecule has 2 atom stereocenters. The van der Waals surface area contributed by atoms with Crippen LogP contribution in [0.5, 0.6) is 0 Å². The predicted molar refractivity (Wildman–Crippen MR) is 60.2 cm³/mol. The summed E-state index contributed by atoms with van der Waals surface area (Å²) in [6, 6.07) is 0.280. The SMILES string of the molecule is COC(=O)C(C)CS(=O)CC(=O)NC1CC1. The Hall–Kier alpha value is -0.910. The van der Waals surface area contributed by atoms with Crippen LogP contribution < -0.4 is 5.32 Å². The third-order valence-corrected chi connectivity index (χ3v) is 3.73. The number of carbonyl (C=O) groups is 2. The van der Waals surface area contributed by atoms with Crippen molar-refractivity contribution in [2.24, 2.45) is 5.92 Å². The highest BCUT2D eigenvalue weighted by atomic mass is 32.2. The van der Waals surface area contributed by atoms with Crippen LogP contribution in [0.1, 0.15) is 19.8 Å². The van der Waals surface area contributed by atoms with Crippen LogP contribution in [0, 0.1) is 5.92 Å². The molecule has 1 fully saturated rings. The number of ether oxygens (including phenoxy) is 1. The summed E-state index contributed by atoms with van der Waals surface area (Å²) in [6.45, 7) is 1.64. The van der Waals surface area contributed by atoms with Gasteiger partial charge in [0.15, 0.2) is 0 Å². The van der Waals surface area contributed by atoms with E-state index >= 15 is 0 Å². The van der Waals surface area contributed by atoms with E-state index < -0.39 is 22.7 Å². The average molecular weight is 247 g/mol. The third kappa shape index (κ3) is 4.74. The van der Waals surface area contributed by atoms with Crippen LogP contribution in [0.3, 0.4) is 0 Å². The van der Waals surface area contributed by atoms with Crippen LogP contribution in [0.2, 0.25) is 0 Å². The van der Waals surface area contributed by atoms with Crippen molar-refractivity contribution in [1.29, 1.82) is 0 Å². The van der Waals surface area contributed by atoms with Gasteiger partial charge in [-0.15, -0.1) is 0 Å². The summed E-state index contributed by atoms with van der Waals surface area (Å²) in [5.41, 5.74) is 0. The van der Waals surface area contributed by atoms with Gasteiger partial charge < -0.3 is 10.1 Å². The fourth-order valence-electron chi connectivity index (χ4n) is 1.25. The Labute approximate surface area is 97.4 Å². The molecule has 0 aromatic carbocycles. The molecule has 0 aromatic rings. The molecular formula is C10H17NO4S. The zero-order chi connectivity index (χ0) is 12.1. The summed E-state index contributed by atoms with van der Waals surface area (Å²) in [5.74, 6) is -0.879. The number of hydrogen-bond donors (Lipinski definition) is 1. The molecule has 1 amide bonds. The average Bonchev–Trinajstić information content (AvgIpc) is 2.99. The van der Waals surface area contributed by atoms with E-state index in [1.54, 1.807) is 6.92 Å². The summed E-state index contributed by atoms with van der Waals surface area (Å²) in [5, 5.41) is 2.75. The van der Waals surface area contributed by atoms with E-state index in [4.69, 9.17) is 0 Å². The minimum absolute atomic E-state index is 0.0299. The topological polar surface area (TPSA) is 72.5 Å². The zero-order valence-electron chi connectivity index (χ0n) is 9.52. The Bertz CT molecular complexity index is 301. The number of hydrogen-bond acceptors (Lipinski definition) is 4. The van der Waals surface area contributed by atoms with E-state index in [9.17, 15) is 13.8 Å². The van der Waals surface area contributed by atoms with Gasteiger partial charge in [-0.25, -0.2) is 0 Å². The Balaban J connectivity index is 2.23. The van der Waals surface area contributed by atoms with Crippen molar-refractivity contribution in [3.8, 4) is 0 Å². The molecule has 0 aromatic heterocycles. The summed E-state index contributed by atoms with van der Waals surface area (Å²) in [6.07, 6.45) is 2.02. The maximum absolute atomic E-state index is 11.5. The fraction of sp³-hybridized carbons (Fsp3) is 0.800. The van der Waals surface area contributed by atoms with Crippen LogP contribution in [-0.4, -0.2) is 40.7 Å². The third-order valence-electron chi connectivity index (χ3n) is 2.27. The monoisotopic (exact) mass is 247 g/mol. The zero-order valence-corrected chi connectivity index (χ0v) is 10.3. The maximum atomic E-state index is 11.5. The molecule has 1 aliphatic carbocycles. The highest BCUT2D eigenvalue weighted by Crippen LogP contribution is 2.18. The maximum Gasteiger partial charge on any atom is 0.309 e. The molecule has 0 heterocycles. The van der Waals surface area contributed by atoms with Crippen molar-refractivity contribution in [2.45, 2.75) is 25.8 Å². The summed E-state index contributed by atoms with van der Waals surface area (Å²) >= 11 is 0. The lowest BCUT2D eigenvalue weighted by Crippen LogP contribution is -2.32. The summed E-state index contributed by atoms with van der Waals surface area (Å²) in [7, 11) is -0.0107. The van der Waals surface area contributed by atoms with E-state index in [-0.39, 0.29) is 23.5 Å². The Morgan fingerprint density at radius 1 is 1.50 bits per heavy atom. The largest absolute Gasteiger partial charge is 0.469 e. The van der Waals surface area contributed by atoms with Gasteiger partial charge >= 0.3 is 5.97 Å². The molecule has 92 valence electrons. The number of carbonyl (C=O) groups excluding carboxylic acids is 2. The second-order valence-corrected chi connectivity index (χ2v) is 5.52. The molecule has 1 rings (SSSR count). The van der Waals surface area contributed by atoms with Gasteiger partial charge in [-0.3, -0.25) is 13.8 Å². The lowest BCUT2D eigenvalue weighted by Gasteiger charge is -2.08. The first kappa shape index (κ1) is 13.2. The van der Waals surface area contributed by atoms with Gasteiger partial charge in [0.2, 0.25) is 5.91 Å². The van der Waals surface area contributed by atoms with Crippen molar-refractivity contribution in [3.63, 3.8) is 0 Å². The molecule has 6 heteroatoms. The molecule has 1 N–H and O–H groups in total. The van der Waals surface area contributed by atoms with E-state index in [0.717, 1.165) is 12.8 Å². The standard InChI is InChI=1S/C10H17NO4S/c1-7(10(13)15-2)5-16(14)6-9(12)11-8-3-4-8/h7-8H,3-6H2,1-2H3,(H,11,12). The molecule has 16 heavy (non-hydrogen) atoms. The highest BCUT2D eigenvalue weighted by molar-refractivity contribution is 7.85. The molecule has 0 aliphatic heterocycles. The Kier molecular flexibility index (Phi) is 4.92. The molecule has 0 saturated heterocycles. The van der Waals surface area contributed by atoms with Gasteiger partial charge in [-0.1, -0.05) is 6.92 Å². The molecule has 0 spiro atoms. The van der Waals surface area contributed by atoms with Crippen molar-refractivity contribution in [3.05, 3.63) is 0 Å². The van der Waals surface area contributed by atoms with Crippen molar-refractivity contribution < 1.29 is 18.5 Å². The van der Waals surface area contributed by atoms with E-state index in [1.165, 1.54) is 7.11 Å². The van der Waals surface area contributed by atoms with Crippen molar-refractivity contribution in [2.75, 3.05) is 18.6 Å². The highest BCUT2D eigenvalue weighted by Gasteiger charge is 2.24. The van der Waals surface area contributed by atoms with E-state index in [2.05, 4.69) is 10.1 Å². The van der Waals surface area contributed by atoms with Crippen LogP contribution in [0.4, 0.5) is 0 Å².